The zero-order valence-corrected chi connectivity index (χ0v) is 14.2. The van der Waals surface area contributed by atoms with Crippen LogP contribution in [-0.2, 0) is 13.0 Å². The lowest BCUT2D eigenvalue weighted by Crippen LogP contribution is -2.25. The third kappa shape index (κ3) is 3.60. The summed E-state index contributed by atoms with van der Waals surface area (Å²) in [7, 11) is 0. The Bertz CT molecular complexity index is 608. The maximum Gasteiger partial charge on any atom is 0.0763 e. The Labute approximate surface area is 136 Å². The molecule has 5 heteroatoms. The maximum absolute atomic E-state index is 6.38. The summed E-state index contributed by atoms with van der Waals surface area (Å²) in [5, 5.41) is 9.53. The molecule has 114 valence electrons. The van der Waals surface area contributed by atoms with Gasteiger partial charge in [0.05, 0.1) is 17.4 Å². The van der Waals surface area contributed by atoms with Gasteiger partial charge in [0.15, 0.2) is 0 Å². The van der Waals surface area contributed by atoms with Crippen LogP contribution in [0.4, 0.5) is 0 Å². The van der Waals surface area contributed by atoms with E-state index in [1.807, 2.05) is 22.9 Å². The van der Waals surface area contributed by atoms with Gasteiger partial charge in [0.1, 0.15) is 0 Å². The average Bonchev–Trinajstić information content (AvgIpc) is 2.90. The zero-order chi connectivity index (χ0) is 15.4. The normalized spacial score (nSPS) is 12.6. The van der Waals surface area contributed by atoms with Crippen molar-refractivity contribution in [2.45, 2.75) is 39.8 Å². The van der Waals surface area contributed by atoms with Crippen molar-refractivity contribution in [3.05, 3.63) is 51.3 Å². The minimum Gasteiger partial charge on any atom is -0.305 e. The third-order valence-corrected chi connectivity index (χ3v) is 4.08. The Kier molecular flexibility index (Phi) is 5.68. The van der Waals surface area contributed by atoms with Crippen LogP contribution in [0, 0.1) is 0 Å². The van der Waals surface area contributed by atoms with Gasteiger partial charge in [-0.25, -0.2) is 0 Å². The molecule has 0 bridgehead atoms. The van der Waals surface area contributed by atoms with Crippen LogP contribution in [0.2, 0.25) is 10.0 Å². The second-order valence-corrected chi connectivity index (χ2v) is 5.73. The minimum absolute atomic E-state index is 0.00560. The number of hydrogen-bond acceptors (Lipinski definition) is 2. The quantitative estimate of drug-likeness (QED) is 0.849. The number of aryl methyl sites for hydroxylation is 2. The second-order valence-electron chi connectivity index (χ2n) is 4.89. The van der Waals surface area contributed by atoms with E-state index in [0.717, 1.165) is 36.5 Å². The maximum atomic E-state index is 6.38. The number of rotatable bonds is 6. The standard InChI is InChI=1S/C16H21Cl2N3/c1-4-12-10-15(21(6-3)20-12)16(19-5-2)13-9-11(17)7-8-14(13)18/h7-10,16,19H,4-6H2,1-3H3. The van der Waals surface area contributed by atoms with E-state index in [-0.39, 0.29) is 6.04 Å². The highest BCUT2D eigenvalue weighted by Crippen LogP contribution is 2.31. The molecule has 1 aromatic heterocycles. The van der Waals surface area contributed by atoms with E-state index >= 15 is 0 Å². The third-order valence-electron chi connectivity index (χ3n) is 3.50. The van der Waals surface area contributed by atoms with Gasteiger partial charge in [0, 0.05) is 16.6 Å². The molecule has 0 aliphatic heterocycles. The predicted molar refractivity (Wildman–Crippen MR) is 89.3 cm³/mol. The Morgan fingerprint density at radius 1 is 1.19 bits per heavy atom. The summed E-state index contributed by atoms with van der Waals surface area (Å²) in [5.41, 5.74) is 3.21. The highest BCUT2D eigenvalue weighted by Gasteiger charge is 2.21. The molecule has 2 aromatic rings. The van der Waals surface area contributed by atoms with Crippen LogP contribution in [0.3, 0.4) is 0 Å². The summed E-state index contributed by atoms with van der Waals surface area (Å²) in [4.78, 5) is 0. The lowest BCUT2D eigenvalue weighted by Gasteiger charge is -2.21. The van der Waals surface area contributed by atoms with Gasteiger partial charge in [-0.3, -0.25) is 4.68 Å². The summed E-state index contributed by atoms with van der Waals surface area (Å²) >= 11 is 12.5. The molecule has 0 saturated heterocycles. The Balaban J connectivity index is 2.52. The molecule has 0 radical (unpaired) electrons. The smallest absolute Gasteiger partial charge is 0.0763 e. The summed E-state index contributed by atoms with van der Waals surface area (Å²) in [5.74, 6) is 0. The molecule has 0 aliphatic rings. The van der Waals surface area contributed by atoms with Crippen molar-refractivity contribution < 1.29 is 0 Å². The Morgan fingerprint density at radius 3 is 2.57 bits per heavy atom. The average molecular weight is 326 g/mol. The highest BCUT2D eigenvalue weighted by atomic mass is 35.5. The number of halogens is 2. The van der Waals surface area contributed by atoms with Crippen LogP contribution in [-0.4, -0.2) is 16.3 Å². The molecular formula is C16H21Cl2N3. The van der Waals surface area contributed by atoms with Crippen LogP contribution in [0.5, 0.6) is 0 Å². The number of nitrogens with zero attached hydrogens (tertiary/aromatic N) is 2. The van der Waals surface area contributed by atoms with Gasteiger partial charge in [-0.1, -0.05) is 37.0 Å². The van der Waals surface area contributed by atoms with Crippen LogP contribution < -0.4 is 5.32 Å². The summed E-state index contributed by atoms with van der Waals surface area (Å²) in [6.45, 7) is 7.96. The summed E-state index contributed by atoms with van der Waals surface area (Å²) < 4.78 is 2.03. The van der Waals surface area contributed by atoms with E-state index in [1.54, 1.807) is 0 Å². The molecule has 0 fully saturated rings. The number of nitrogens with one attached hydrogen (secondary N) is 1. The van der Waals surface area contributed by atoms with E-state index in [2.05, 4.69) is 37.3 Å². The largest absolute Gasteiger partial charge is 0.305 e. The first-order valence-electron chi connectivity index (χ1n) is 7.35. The van der Waals surface area contributed by atoms with Gasteiger partial charge >= 0.3 is 0 Å². The molecule has 2 rings (SSSR count). The second kappa shape index (κ2) is 7.30. The van der Waals surface area contributed by atoms with Crippen molar-refractivity contribution in [3.63, 3.8) is 0 Å². The molecule has 0 amide bonds. The first-order chi connectivity index (χ1) is 10.1. The van der Waals surface area contributed by atoms with Crippen molar-refractivity contribution >= 4 is 23.2 Å². The predicted octanol–water partition coefficient (Wildman–Crippen LogP) is 4.47. The van der Waals surface area contributed by atoms with Gasteiger partial charge in [0.2, 0.25) is 0 Å². The van der Waals surface area contributed by atoms with E-state index in [4.69, 9.17) is 23.2 Å². The van der Waals surface area contributed by atoms with Gasteiger partial charge in [-0.15, -0.1) is 0 Å². The van der Waals surface area contributed by atoms with Gasteiger partial charge in [0.25, 0.3) is 0 Å². The number of benzene rings is 1. The van der Waals surface area contributed by atoms with Crippen LogP contribution >= 0.6 is 23.2 Å². The molecule has 1 unspecified atom stereocenters. The van der Waals surface area contributed by atoms with Crippen molar-refractivity contribution in [2.75, 3.05) is 6.54 Å². The molecule has 0 aliphatic carbocycles. The van der Waals surface area contributed by atoms with Gasteiger partial charge in [-0.05, 0) is 49.7 Å². The summed E-state index contributed by atoms with van der Waals surface area (Å²) in [6.07, 6.45) is 0.919. The van der Waals surface area contributed by atoms with Crippen LogP contribution in [0.15, 0.2) is 24.3 Å². The SMILES string of the molecule is CCNC(c1cc(Cl)ccc1Cl)c1cc(CC)nn1CC. The summed E-state index contributed by atoms with van der Waals surface area (Å²) in [6, 6.07) is 7.72. The molecule has 0 spiro atoms. The Morgan fingerprint density at radius 2 is 1.95 bits per heavy atom. The molecular weight excluding hydrogens is 305 g/mol. The fourth-order valence-electron chi connectivity index (χ4n) is 2.46. The molecule has 1 aromatic carbocycles. The van der Waals surface area contributed by atoms with Gasteiger partial charge in [-0.2, -0.15) is 5.10 Å². The fourth-order valence-corrected chi connectivity index (χ4v) is 2.87. The van der Waals surface area contributed by atoms with E-state index in [9.17, 15) is 0 Å². The van der Waals surface area contributed by atoms with Crippen molar-refractivity contribution in [2.24, 2.45) is 0 Å². The zero-order valence-electron chi connectivity index (χ0n) is 12.7. The van der Waals surface area contributed by atoms with Crippen molar-refractivity contribution in [1.82, 2.24) is 15.1 Å². The molecule has 3 nitrogen and oxygen atoms in total. The first-order valence-corrected chi connectivity index (χ1v) is 8.11. The molecule has 0 saturated carbocycles. The monoisotopic (exact) mass is 325 g/mol. The van der Waals surface area contributed by atoms with Gasteiger partial charge < -0.3 is 5.32 Å². The lowest BCUT2D eigenvalue weighted by atomic mass is 10.0. The van der Waals surface area contributed by atoms with Crippen LogP contribution in [0.25, 0.3) is 0 Å². The van der Waals surface area contributed by atoms with E-state index < -0.39 is 0 Å². The molecule has 1 heterocycles. The fraction of sp³-hybridized carbons (Fsp3) is 0.438. The molecule has 1 N–H and O–H groups in total. The van der Waals surface area contributed by atoms with Crippen LogP contribution in [0.1, 0.15) is 43.8 Å². The number of hydrogen-bond donors (Lipinski definition) is 1. The van der Waals surface area contributed by atoms with Crippen molar-refractivity contribution in [3.8, 4) is 0 Å². The van der Waals surface area contributed by atoms with E-state index in [1.165, 1.54) is 0 Å². The number of aromatic nitrogens is 2. The first kappa shape index (κ1) is 16.3. The van der Waals surface area contributed by atoms with E-state index in [0.29, 0.717) is 10.0 Å². The molecule has 21 heavy (non-hydrogen) atoms. The lowest BCUT2D eigenvalue weighted by molar-refractivity contribution is 0.540. The minimum atomic E-state index is -0.00560. The highest BCUT2D eigenvalue weighted by molar-refractivity contribution is 6.33. The van der Waals surface area contributed by atoms with Crippen molar-refractivity contribution in [1.29, 1.82) is 0 Å². The Hall–Kier alpha value is -1.03. The topological polar surface area (TPSA) is 29.9 Å². The molecule has 1 atom stereocenters.